The van der Waals surface area contributed by atoms with Gasteiger partial charge in [-0.05, 0) is 60.9 Å². The lowest BCUT2D eigenvalue weighted by Crippen LogP contribution is -2.29. The van der Waals surface area contributed by atoms with Crippen molar-refractivity contribution in [3.05, 3.63) is 93.5 Å². The summed E-state index contributed by atoms with van der Waals surface area (Å²) < 4.78 is 5.50. The molecule has 1 atom stereocenters. The molecule has 3 aromatic carbocycles. The van der Waals surface area contributed by atoms with Crippen LogP contribution in [0, 0.1) is 13.8 Å². The first kappa shape index (κ1) is 22.4. The van der Waals surface area contributed by atoms with Crippen LogP contribution in [0.2, 0.25) is 5.02 Å². The fourth-order valence-electron chi connectivity index (χ4n) is 4.24. The smallest absolute Gasteiger partial charge is 0.300 e. The van der Waals surface area contributed by atoms with Crippen molar-refractivity contribution in [2.75, 3.05) is 12.0 Å². The second kappa shape index (κ2) is 8.64. The molecule has 1 saturated heterocycles. The van der Waals surface area contributed by atoms with Crippen molar-refractivity contribution < 1.29 is 24.5 Å². The molecule has 3 aromatic rings. The average Bonchev–Trinajstić information content (AvgIpc) is 3.06. The van der Waals surface area contributed by atoms with Crippen LogP contribution in [-0.4, -0.2) is 29.0 Å². The van der Waals surface area contributed by atoms with Crippen molar-refractivity contribution in [3.63, 3.8) is 0 Å². The van der Waals surface area contributed by atoms with E-state index in [1.807, 2.05) is 19.9 Å². The second-order valence-electron chi connectivity index (χ2n) is 7.88. The average molecular weight is 464 g/mol. The van der Waals surface area contributed by atoms with Crippen LogP contribution in [0.1, 0.15) is 28.3 Å². The molecule has 1 aliphatic rings. The van der Waals surface area contributed by atoms with Crippen LogP contribution in [0.15, 0.2) is 66.2 Å². The van der Waals surface area contributed by atoms with Gasteiger partial charge in [0.25, 0.3) is 11.7 Å². The Morgan fingerprint density at radius 3 is 2.36 bits per heavy atom. The molecule has 1 amide bonds. The molecule has 1 unspecified atom stereocenters. The summed E-state index contributed by atoms with van der Waals surface area (Å²) in [6.45, 7) is 3.70. The number of para-hydroxylation sites is 1. The highest BCUT2D eigenvalue weighted by atomic mass is 35.5. The molecule has 0 saturated carbocycles. The third kappa shape index (κ3) is 3.83. The lowest BCUT2D eigenvalue weighted by molar-refractivity contribution is -0.132. The van der Waals surface area contributed by atoms with Crippen LogP contribution in [0.4, 0.5) is 5.69 Å². The number of benzene rings is 3. The number of Topliss-reactive ketones (excluding diaryl/α,β-unsaturated/α-hetero) is 1. The van der Waals surface area contributed by atoms with E-state index in [1.165, 1.54) is 24.1 Å². The number of carbonyl (C=O) groups is 2. The van der Waals surface area contributed by atoms with Gasteiger partial charge in [-0.15, -0.1) is 0 Å². The molecule has 2 N–H and O–H groups in total. The highest BCUT2D eigenvalue weighted by Crippen LogP contribution is 2.44. The number of aryl methyl sites for hydroxylation is 2. The van der Waals surface area contributed by atoms with Crippen molar-refractivity contribution >= 4 is 34.7 Å². The van der Waals surface area contributed by atoms with E-state index < -0.39 is 17.7 Å². The molecule has 1 heterocycles. The summed E-state index contributed by atoms with van der Waals surface area (Å²) in [5.41, 5.74) is 2.81. The first-order chi connectivity index (χ1) is 15.7. The summed E-state index contributed by atoms with van der Waals surface area (Å²) in [7, 11) is 1.48. The van der Waals surface area contributed by atoms with E-state index in [-0.39, 0.29) is 22.1 Å². The first-order valence-electron chi connectivity index (χ1n) is 10.2. The summed E-state index contributed by atoms with van der Waals surface area (Å²) in [5.74, 6) is -1.67. The van der Waals surface area contributed by atoms with E-state index in [0.717, 1.165) is 11.1 Å². The van der Waals surface area contributed by atoms with Gasteiger partial charge in [0.15, 0.2) is 0 Å². The lowest BCUT2D eigenvalue weighted by Gasteiger charge is -2.26. The lowest BCUT2D eigenvalue weighted by atomic mass is 9.93. The number of ketones is 1. The van der Waals surface area contributed by atoms with Crippen molar-refractivity contribution in [1.82, 2.24) is 0 Å². The third-order valence-corrected chi connectivity index (χ3v) is 5.95. The van der Waals surface area contributed by atoms with Crippen molar-refractivity contribution in [1.29, 1.82) is 0 Å². The normalized spacial score (nSPS) is 17.5. The van der Waals surface area contributed by atoms with Crippen LogP contribution in [0.3, 0.4) is 0 Å². The Labute approximate surface area is 196 Å². The van der Waals surface area contributed by atoms with Crippen LogP contribution in [0.5, 0.6) is 11.5 Å². The number of hydrogen-bond donors (Lipinski definition) is 2. The van der Waals surface area contributed by atoms with Gasteiger partial charge in [-0.3, -0.25) is 14.5 Å². The predicted molar refractivity (Wildman–Crippen MR) is 127 cm³/mol. The van der Waals surface area contributed by atoms with Gasteiger partial charge in [-0.2, -0.15) is 0 Å². The summed E-state index contributed by atoms with van der Waals surface area (Å²) in [6, 6.07) is 15.8. The van der Waals surface area contributed by atoms with Gasteiger partial charge in [0, 0.05) is 5.69 Å². The maximum absolute atomic E-state index is 13.3. The van der Waals surface area contributed by atoms with Gasteiger partial charge in [-0.1, -0.05) is 41.9 Å². The number of amides is 1. The molecule has 168 valence electrons. The van der Waals surface area contributed by atoms with E-state index in [1.54, 1.807) is 42.5 Å². The van der Waals surface area contributed by atoms with Crippen LogP contribution < -0.4 is 9.64 Å². The topological polar surface area (TPSA) is 87.1 Å². The summed E-state index contributed by atoms with van der Waals surface area (Å²) in [5, 5.41) is 21.4. The Kier molecular flexibility index (Phi) is 5.87. The molecule has 7 heteroatoms. The van der Waals surface area contributed by atoms with Crippen molar-refractivity contribution in [3.8, 4) is 11.5 Å². The fourth-order valence-corrected chi connectivity index (χ4v) is 4.43. The third-order valence-electron chi connectivity index (χ3n) is 5.64. The minimum atomic E-state index is -0.962. The maximum Gasteiger partial charge on any atom is 0.300 e. The monoisotopic (exact) mass is 463 g/mol. The van der Waals surface area contributed by atoms with Gasteiger partial charge in [0.2, 0.25) is 0 Å². The number of aliphatic hydroxyl groups excluding tert-OH is 1. The number of phenolic OH excluding ortho intramolecular Hbond substituents is 1. The number of hydrogen-bond acceptors (Lipinski definition) is 5. The number of halogens is 1. The maximum atomic E-state index is 13.3. The number of ether oxygens (including phenoxy) is 1. The standard InChI is InChI=1S/C26H22ClNO5/c1-14-11-15(2)25(33-3)18(12-14)23(30)21-22(16-9-10-20(29)19(27)13-16)28(26(32)24(21)31)17-7-5-4-6-8-17/h4-13,22,29-30H,1-3H3/b23-21+. The molecular formula is C26H22ClNO5. The first-order valence-corrected chi connectivity index (χ1v) is 10.6. The van der Waals surface area contributed by atoms with Gasteiger partial charge in [0.1, 0.15) is 17.3 Å². The predicted octanol–water partition coefficient (Wildman–Crippen LogP) is 5.30. The Morgan fingerprint density at radius 2 is 1.73 bits per heavy atom. The number of methoxy groups -OCH3 is 1. The summed E-state index contributed by atoms with van der Waals surface area (Å²) >= 11 is 6.16. The highest BCUT2D eigenvalue weighted by Gasteiger charge is 2.47. The van der Waals surface area contributed by atoms with Gasteiger partial charge in [0.05, 0.1) is 29.3 Å². The molecule has 1 fully saturated rings. The molecular weight excluding hydrogens is 442 g/mol. The number of rotatable bonds is 4. The van der Waals surface area contributed by atoms with Crippen molar-refractivity contribution in [2.24, 2.45) is 0 Å². The van der Waals surface area contributed by atoms with Crippen LogP contribution in [0.25, 0.3) is 5.76 Å². The van der Waals surface area contributed by atoms with Crippen LogP contribution in [-0.2, 0) is 9.59 Å². The minimum Gasteiger partial charge on any atom is -0.507 e. The molecule has 0 radical (unpaired) electrons. The summed E-state index contributed by atoms with van der Waals surface area (Å²) in [4.78, 5) is 27.8. The van der Waals surface area contributed by atoms with Crippen molar-refractivity contribution in [2.45, 2.75) is 19.9 Å². The number of aliphatic hydroxyl groups is 1. The minimum absolute atomic E-state index is 0.0649. The number of carbonyl (C=O) groups excluding carboxylic acids is 2. The van der Waals surface area contributed by atoms with Gasteiger partial charge in [-0.25, -0.2) is 0 Å². The van der Waals surface area contributed by atoms with Gasteiger partial charge < -0.3 is 14.9 Å². The summed E-state index contributed by atoms with van der Waals surface area (Å²) in [6.07, 6.45) is 0. The SMILES string of the molecule is COc1c(C)cc(C)cc1/C(O)=C1\C(=O)C(=O)N(c2ccccc2)C1c1ccc(O)c(Cl)c1. The zero-order chi connectivity index (χ0) is 23.9. The Balaban J connectivity index is 2.02. The molecule has 4 rings (SSSR count). The van der Waals surface area contributed by atoms with Crippen LogP contribution >= 0.6 is 11.6 Å². The number of aromatic hydroxyl groups is 1. The molecule has 33 heavy (non-hydrogen) atoms. The Morgan fingerprint density at radius 1 is 1.03 bits per heavy atom. The molecule has 0 bridgehead atoms. The zero-order valence-corrected chi connectivity index (χ0v) is 19.1. The molecule has 0 aliphatic carbocycles. The highest BCUT2D eigenvalue weighted by molar-refractivity contribution is 6.51. The van der Waals surface area contributed by atoms with E-state index in [4.69, 9.17) is 16.3 Å². The van der Waals surface area contributed by atoms with E-state index in [0.29, 0.717) is 22.6 Å². The van der Waals surface area contributed by atoms with E-state index >= 15 is 0 Å². The fraction of sp³-hybridized carbons (Fsp3) is 0.154. The molecule has 0 aromatic heterocycles. The van der Waals surface area contributed by atoms with E-state index in [2.05, 4.69) is 0 Å². The molecule has 1 aliphatic heterocycles. The Hall–Kier alpha value is -3.77. The number of phenols is 1. The zero-order valence-electron chi connectivity index (χ0n) is 18.3. The Bertz CT molecular complexity index is 1300. The quantitative estimate of drug-likeness (QED) is 0.311. The number of anilines is 1. The second-order valence-corrected chi connectivity index (χ2v) is 8.29. The van der Waals surface area contributed by atoms with Gasteiger partial charge >= 0.3 is 0 Å². The van der Waals surface area contributed by atoms with E-state index in [9.17, 15) is 19.8 Å². The largest absolute Gasteiger partial charge is 0.507 e. The molecule has 0 spiro atoms. The number of nitrogens with zero attached hydrogens (tertiary/aromatic N) is 1. The molecule has 6 nitrogen and oxygen atoms in total.